The number of pyridine rings is 2. The Morgan fingerprint density at radius 1 is 0.397 bits per heavy atom. The molecule has 0 N–H and O–H groups in total. The highest BCUT2D eigenvalue weighted by atomic mass is 32.2. The first-order valence-corrected chi connectivity index (χ1v) is 23.3. The Hall–Kier alpha value is -9.01. The van der Waals surface area contributed by atoms with Crippen molar-refractivity contribution in [2.24, 2.45) is 0 Å². The van der Waals surface area contributed by atoms with Crippen LogP contribution >= 0.6 is 11.8 Å². The minimum Gasteiger partial charge on any atom is -0.309 e. The number of para-hydroxylation sites is 2. The van der Waals surface area contributed by atoms with Gasteiger partial charge in [0.25, 0.3) is 0 Å². The van der Waals surface area contributed by atoms with Gasteiger partial charge in [0.15, 0.2) is 11.4 Å². The molecule has 1 aliphatic heterocycles. The standard InChI is InChI=1S/C61H34N6S/c1-62-39-25-29-55-47(35-39)45-33-37(23-27-53(45)66(55)41-13-5-3-6-14-41)43-17-9-19-51-59(43)68-60-44(18-10-20-52(60)61(51)49-21-11-31-64-57(49)58-50(61)22-12-32-65-58)38-24-28-54-46(34-38)48-36-40(63-2)26-30-56(48)67(54)42-15-7-4-8-16-42/h3-36H. The molecule has 68 heavy (non-hydrogen) atoms. The predicted octanol–water partition coefficient (Wildman–Crippen LogP) is 15.9. The quantitative estimate of drug-likeness (QED) is 0.165. The second kappa shape index (κ2) is 14.5. The summed E-state index contributed by atoms with van der Waals surface area (Å²) in [5.41, 5.74) is 17.8. The van der Waals surface area contributed by atoms with Crippen molar-refractivity contribution in [2.45, 2.75) is 15.2 Å². The molecule has 0 bridgehead atoms. The van der Waals surface area contributed by atoms with Gasteiger partial charge in [0.1, 0.15) is 0 Å². The first kappa shape index (κ1) is 38.3. The van der Waals surface area contributed by atoms with E-state index in [-0.39, 0.29) is 0 Å². The van der Waals surface area contributed by atoms with Gasteiger partial charge in [-0.15, -0.1) is 0 Å². The lowest BCUT2D eigenvalue weighted by molar-refractivity contribution is 0.721. The molecule has 7 heteroatoms. The molecule has 0 radical (unpaired) electrons. The van der Waals surface area contributed by atoms with Crippen LogP contribution in [0, 0.1) is 13.1 Å². The molecule has 314 valence electrons. The highest BCUT2D eigenvalue weighted by Crippen LogP contribution is 2.64. The van der Waals surface area contributed by atoms with Crippen molar-refractivity contribution in [1.82, 2.24) is 19.1 Å². The van der Waals surface area contributed by atoms with Crippen molar-refractivity contribution in [2.75, 3.05) is 0 Å². The number of aromatic nitrogens is 4. The second-order valence-electron chi connectivity index (χ2n) is 17.4. The van der Waals surface area contributed by atoms with Crippen LogP contribution in [0.15, 0.2) is 216 Å². The molecule has 5 heterocycles. The Morgan fingerprint density at radius 2 is 0.809 bits per heavy atom. The summed E-state index contributed by atoms with van der Waals surface area (Å²) in [6.07, 6.45) is 3.76. The van der Waals surface area contributed by atoms with Crippen molar-refractivity contribution < 1.29 is 0 Å². The monoisotopic (exact) mass is 882 g/mol. The van der Waals surface area contributed by atoms with Crippen LogP contribution in [0.5, 0.6) is 0 Å². The normalized spacial score (nSPS) is 13.0. The third-order valence-corrected chi connectivity index (χ3v) is 15.4. The zero-order valence-corrected chi connectivity index (χ0v) is 37.0. The summed E-state index contributed by atoms with van der Waals surface area (Å²) in [5.74, 6) is 0. The fourth-order valence-corrected chi connectivity index (χ4v) is 12.8. The van der Waals surface area contributed by atoms with Crippen molar-refractivity contribution >= 4 is 66.7 Å². The number of benzene rings is 8. The van der Waals surface area contributed by atoms with E-state index < -0.39 is 5.41 Å². The zero-order chi connectivity index (χ0) is 45.1. The van der Waals surface area contributed by atoms with E-state index in [0.29, 0.717) is 11.4 Å². The van der Waals surface area contributed by atoms with E-state index in [1.807, 2.05) is 60.6 Å². The summed E-state index contributed by atoms with van der Waals surface area (Å²) in [6.45, 7) is 15.8. The summed E-state index contributed by atoms with van der Waals surface area (Å²) < 4.78 is 4.61. The SMILES string of the molecule is [C-]#[N+]c1ccc2c(c1)c1cc(-c3cccc4c3Sc3c(-c5ccc6c(c5)c5cc([N+]#[C-])ccc5n6-c5ccccc5)cccc3C43c4cccnc4-c4ncccc43)ccc1n2-c1ccccc1. The van der Waals surface area contributed by atoms with Crippen LogP contribution < -0.4 is 0 Å². The average Bonchev–Trinajstić information content (AvgIpc) is 4.02. The number of rotatable bonds is 4. The lowest BCUT2D eigenvalue weighted by Crippen LogP contribution is -2.32. The van der Waals surface area contributed by atoms with E-state index in [1.165, 1.54) is 20.9 Å². The molecule has 0 saturated carbocycles. The van der Waals surface area contributed by atoms with Gasteiger partial charge in [-0.25, -0.2) is 9.69 Å². The summed E-state index contributed by atoms with van der Waals surface area (Å²) >= 11 is 1.84. The molecule has 6 nitrogen and oxygen atoms in total. The van der Waals surface area contributed by atoms with Crippen LogP contribution in [0.4, 0.5) is 11.4 Å². The Labute approximate surface area is 395 Å². The lowest BCUT2D eigenvalue weighted by atomic mass is 9.67. The van der Waals surface area contributed by atoms with Gasteiger partial charge < -0.3 is 9.13 Å². The highest BCUT2D eigenvalue weighted by molar-refractivity contribution is 7.99. The smallest absolute Gasteiger partial charge is 0.188 e. The minimum atomic E-state index is -0.717. The van der Waals surface area contributed by atoms with E-state index in [9.17, 15) is 0 Å². The van der Waals surface area contributed by atoms with Crippen molar-refractivity contribution in [3.8, 4) is 45.0 Å². The van der Waals surface area contributed by atoms with E-state index in [2.05, 4.69) is 177 Å². The van der Waals surface area contributed by atoms with Crippen LogP contribution in [0.3, 0.4) is 0 Å². The van der Waals surface area contributed by atoms with E-state index >= 15 is 0 Å². The van der Waals surface area contributed by atoms with Gasteiger partial charge in [0, 0.05) is 44.3 Å². The van der Waals surface area contributed by atoms with Crippen LogP contribution in [-0.2, 0) is 5.41 Å². The Balaban J connectivity index is 1.04. The van der Waals surface area contributed by atoms with Gasteiger partial charge in [-0.3, -0.25) is 9.97 Å². The lowest BCUT2D eigenvalue weighted by Gasteiger charge is -2.40. The van der Waals surface area contributed by atoms with Crippen LogP contribution in [0.1, 0.15) is 22.3 Å². The molecule has 14 rings (SSSR count). The van der Waals surface area contributed by atoms with E-state index in [0.717, 1.165) is 99.8 Å². The molecule has 0 saturated heterocycles. The van der Waals surface area contributed by atoms with E-state index in [4.69, 9.17) is 23.1 Å². The summed E-state index contributed by atoms with van der Waals surface area (Å²) in [6, 6.07) is 68.8. The Morgan fingerprint density at radius 3 is 1.25 bits per heavy atom. The Kier molecular flexibility index (Phi) is 8.16. The molecule has 0 amide bonds. The van der Waals surface area contributed by atoms with Crippen LogP contribution in [0.25, 0.3) is 98.3 Å². The number of nitrogens with zero attached hydrogens (tertiary/aromatic N) is 6. The molecule has 0 unspecified atom stereocenters. The maximum Gasteiger partial charge on any atom is 0.188 e. The molecule has 1 spiro atoms. The summed E-state index contributed by atoms with van der Waals surface area (Å²) in [7, 11) is 0. The molecule has 8 aromatic carbocycles. The van der Waals surface area contributed by atoms with Gasteiger partial charge in [-0.2, -0.15) is 0 Å². The number of fused-ring (bicyclic) bond motifs is 15. The van der Waals surface area contributed by atoms with Crippen molar-refractivity contribution in [3.05, 3.63) is 252 Å². The van der Waals surface area contributed by atoms with E-state index in [1.54, 1.807) is 0 Å². The van der Waals surface area contributed by atoms with Crippen molar-refractivity contribution in [1.29, 1.82) is 0 Å². The zero-order valence-electron chi connectivity index (χ0n) is 36.2. The maximum absolute atomic E-state index is 7.92. The molecular formula is C61H34N6S. The van der Waals surface area contributed by atoms with Gasteiger partial charge in [0.2, 0.25) is 0 Å². The van der Waals surface area contributed by atoms with Crippen LogP contribution in [0.2, 0.25) is 0 Å². The van der Waals surface area contributed by atoms with Gasteiger partial charge in [0.05, 0.1) is 52.0 Å². The average molecular weight is 883 g/mol. The largest absolute Gasteiger partial charge is 0.309 e. The summed E-state index contributed by atoms with van der Waals surface area (Å²) in [5, 5.41) is 4.28. The fraction of sp³-hybridized carbons (Fsp3) is 0.0164. The summed E-state index contributed by atoms with van der Waals surface area (Å²) in [4.78, 5) is 20.1. The molecule has 1 aliphatic carbocycles. The van der Waals surface area contributed by atoms with Crippen molar-refractivity contribution in [3.63, 3.8) is 0 Å². The molecular weight excluding hydrogens is 849 g/mol. The third-order valence-electron chi connectivity index (χ3n) is 14.1. The highest BCUT2D eigenvalue weighted by Gasteiger charge is 2.52. The first-order chi connectivity index (χ1) is 33.6. The maximum atomic E-state index is 7.92. The fourth-order valence-electron chi connectivity index (χ4n) is 11.3. The second-order valence-corrected chi connectivity index (χ2v) is 18.5. The number of hydrogen-bond donors (Lipinski definition) is 0. The predicted molar refractivity (Wildman–Crippen MR) is 276 cm³/mol. The number of hydrogen-bond acceptors (Lipinski definition) is 3. The van der Waals surface area contributed by atoms with Gasteiger partial charge >= 0.3 is 0 Å². The molecule has 4 aromatic heterocycles. The first-order valence-electron chi connectivity index (χ1n) is 22.5. The third kappa shape index (κ3) is 5.22. The molecule has 0 atom stereocenters. The molecule has 2 aliphatic rings. The Bertz CT molecular complexity index is 3940. The molecule has 0 fully saturated rings. The van der Waals surface area contributed by atoms with Gasteiger partial charge in [-0.1, -0.05) is 121 Å². The minimum absolute atomic E-state index is 0.615. The van der Waals surface area contributed by atoms with Gasteiger partial charge in [-0.05, 0) is 140 Å². The van der Waals surface area contributed by atoms with Crippen LogP contribution in [-0.4, -0.2) is 19.1 Å². The molecule has 12 aromatic rings. The topological polar surface area (TPSA) is 44.4 Å².